The number of fused-ring (bicyclic) bond motifs is 3. The summed E-state index contributed by atoms with van der Waals surface area (Å²) in [6.07, 6.45) is -1.07. The first-order chi connectivity index (χ1) is 9.06. The fraction of sp³-hybridized carbons (Fsp3) is 0.500. The Kier molecular flexibility index (Phi) is 2.74. The van der Waals surface area contributed by atoms with E-state index in [0.717, 1.165) is 0 Å². The van der Waals surface area contributed by atoms with Crippen LogP contribution in [0.5, 0.6) is 5.75 Å². The van der Waals surface area contributed by atoms with Gasteiger partial charge in [-0.2, -0.15) is 0 Å². The highest BCUT2D eigenvalue weighted by Gasteiger charge is 2.64. The highest BCUT2D eigenvalue weighted by Crippen LogP contribution is 2.60. The molecule has 0 saturated heterocycles. The zero-order valence-electron chi connectivity index (χ0n) is 10.7. The van der Waals surface area contributed by atoms with Gasteiger partial charge in [0, 0.05) is 11.5 Å². The van der Waals surface area contributed by atoms with E-state index in [2.05, 4.69) is 0 Å². The highest BCUT2D eigenvalue weighted by molar-refractivity contribution is 5.81. The highest BCUT2D eigenvalue weighted by atomic mass is 19.1. The number of benzene rings is 1. The third-order valence-electron chi connectivity index (χ3n) is 3.73. The van der Waals surface area contributed by atoms with Crippen LogP contribution in [0.1, 0.15) is 37.0 Å². The predicted molar refractivity (Wildman–Crippen MR) is 64.3 cm³/mol. The van der Waals surface area contributed by atoms with E-state index in [9.17, 15) is 14.3 Å². The molecule has 1 N–H and O–H groups in total. The van der Waals surface area contributed by atoms with Gasteiger partial charge in [0.05, 0.1) is 12.7 Å². The van der Waals surface area contributed by atoms with Crippen molar-refractivity contribution >= 4 is 5.97 Å². The van der Waals surface area contributed by atoms with E-state index in [1.54, 1.807) is 19.9 Å². The smallest absolute Gasteiger partial charge is 0.313 e. The van der Waals surface area contributed by atoms with Crippen molar-refractivity contribution in [2.24, 2.45) is 5.92 Å². The quantitative estimate of drug-likeness (QED) is 0.849. The number of esters is 1. The molecule has 19 heavy (non-hydrogen) atoms. The molecular formula is C14H15FO4. The fourth-order valence-corrected chi connectivity index (χ4v) is 2.84. The van der Waals surface area contributed by atoms with Crippen LogP contribution in [-0.4, -0.2) is 23.8 Å². The van der Waals surface area contributed by atoms with E-state index in [0.29, 0.717) is 17.7 Å². The van der Waals surface area contributed by atoms with Crippen LogP contribution in [0.4, 0.5) is 4.39 Å². The number of carbonyl (C=O) groups is 1. The van der Waals surface area contributed by atoms with Gasteiger partial charge in [0.25, 0.3) is 0 Å². The van der Waals surface area contributed by atoms with Gasteiger partial charge >= 0.3 is 5.97 Å². The monoisotopic (exact) mass is 266 g/mol. The molecule has 4 nitrogen and oxygen atoms in total. The Morgan fingerprint density at radius 2 is 2.32 bits per heavy atom. The molecule has 5 heteroatoms. The summed E-state index contributed by atoms with van der Waals surface area (Å²) in [6.45, 7) is 3.67. The van der Waals surface area contributed by atoms with Gasteiger partial charge in [0.1, 0.15) is 12.0 Å². The molecule has 3 unspecified atom stereocenters. The van der Waals surface area contributed by atoms with Crippen molar-refractivity contribution in [3.05, 3.63) is 29.1 Å². The second kappa shape index (κ2) is 4.20. The number of hydrogen-bond donors (Lipinski definition) is 1. The Morgan fingerprint density at radius 1 is 1.58 bits per heavy atom. The van der Waals surface area contributed by atoms with Crippen LogP contribution in [0, 0.1) is 11.7 Å². The fourth-order valence-electron chi connectivity index (χ4n) is 2.84. The lowest BCUT2D eigenvalue weighted by atomic mass is 9.97. The molecule has 1 aromatic carbocycles. The summed E-state index contributed by atoms with van der Waals surface area (Å²) in [7, 11) is 0. The Hall–Kier alpha value is -1.62. The number of aliphatic hydroxyl groups is 1. The maximum absolute atomic E-state index is 13.7. The topological polar surface area (TPSA) is 55.8 Å². The van der Waals surface area contributed by atoms with Gasteiger partial charge in [-0.15, -0.1) is 0 Å². The molecule has 1 aliphatic heterocycles. The molecule has 1 saturated carbocycles. The van der Waals surface area contributed by atoms with Crippen molar-refractivity contribution in [1.82, 2.24) is 0 Å². The predicted octanol–water partition coefficient (Wildman–Crippen LogP) is 1.92. The van der Waals surface area contributed by atoms with E-state index >= 15 is 0 Å². The zero-order chi connectivity index (χ0) is 13.7. The number of rotatable bonds is 3. The molecule has 0 aromatic heterocycles. The maximum Gasteiger partial charge on any atom is 0.313 e. The molecule has 2 aliphatic rings. The van der Waals surface area contributed by atoms with Gasteiger partial charge in [-0.1, -0.05) is 6.07 Å². The van der Waals surface area contributed by atoms with Crippen LogP contribution in [0.3, 0.4) is 0 Å². The minimum absolute atomic E-state index is 0.175. The molecule has 102 valence electrons. The third kappa shape index (κ3) is 1.72. The van der Waals surface area contributed by atoms with Crippen LogP contribution in [0.2, 0.25) is 0 Å². The molecule has 1 heterocycles. The summed E-state index contributed by atoms with van der Waals surface area (Å²) < 4.78 is 24.1. The first-order valence-electron chi connectivity index (χ1n) is 6.40. The lowest BCUT2D eigenvalue weighted by Crippen LogP contribution is -2.14. The molecule has 4 atom stereocenters. The van der Waals surface area contributed by atoms with Crippen LogP contribution >= 0.6 is 0 Å². The van der Waals surface area contributed by atoms with Gasteiger partial charge in [-0.25, -0.2) is 4.39 Å². The van der Waals surface area contributed by atoms with Crippen molar-refractivity contribution in [3.8, 4) is 5.75 Å². The van der Waals surface area contributed by atoms with E-state index in [1.807, 2.05) is 0 Å². The molecule has 0 bridgehead atoms. The summed E-state index contributed by atoms with van der Waals surface area (Å²) in [6, 6.07) is 2.83. The van der Waals surface area contributed by atoms with Crippen LogP contribution < -0.4 is 4.74 Å². The van der Waals surface area contributed by atoms with Gasteiger partial charge in [0.15, 0.2) is 11.6 Å². The summed E-state index contributed by atoms with van der Waals surface area (Å²) in [5, 5.41) is 9.75. The standard InChI is InChI=1S/C14H15FO4/c1-3-18-14(17)11-10-9-7(6(2)16)4-5-8(15)12(9)19-13(10)11/h4-6,10-11,13,16H,3H2,1-2H3/t6-,10?,11?,13?/m1/s1. The number of hydrogen-bond acceptors (Lipinski definition) is 4. The van der Waals surface area contributed by atoms with E-state index in [1.165, 1.54) is 6.07 Å². The van der Waals surface area contributed by atoms with Crippen LogP contribution in [0.15, 0.2) is 12.1 Å². The maximum atomic E-state index is 13.7. The largest absolute Gasteiger partial charge is 0.485 e. The van der Waals surface area contributed by atoms with Gasteiger partial charge in [0.2, 0.25) is 0 Å². The Balaban J connectivity index is 1.96. The van der Waals surface area contributed by atoms with Crippen LogP contribution in [0.25, 0.3) is 0 Å². The average Bonchev–Trinajstić information content (AvgIpc) is 2.93. The first kappa shape index (κ1) is 12.4. The Bertz CT molecular complexity index is 540. The lowest BCUT2D eigenvalue weighted by molar-refractivity contribution is -0.145. The number of aliphatic hydroxyl groups excluding tert-OH is 1. The molecule has 1 aromatic rings. The molecule has 0 spiro atoms. The Morgan fingerprint density at radius 3 is 2.95 bits per heavy atom. The summed E-state index contributed by atoms with van der Waals surface area (Å²) in [5.74, 6) is -1.15. The lowest BCUT2D eigenvalue weighted by Gasteiger charge is -2.14. The van der Waals surface area contributed by atoms with Gasteiger partial charge in [-0.3, -0.25) is 4.79 Å². The van der Waals surface area contributed by atoms with E-state index in [4.69, 9.17) is 9.47 Å². The normalized spacial score (nSPS) is 28.1. The van der Waals surface area contributed by atoms with Crippen molar-refractivity contribution in [2.75, 3.05) is 6.61 Å². The average molecular weight is 266 g/mol. The summed E-state index contributed by atoms with van der Waals surface area (Å²) in [5.41, 5.74) is 1.24. The minimum atomic E-state index is -0.722. The van der Waals surface area contributed by atoms with Crippen molar-refractivity contribution in [3.63, 3.8) is 0 Å². The van der Waals surface area contributed by atoms with Crippen molar-refractivity contribution in [2.45, 2.75) is 32.0 Å². The third-order valence-corrected chi connectivity index (χ3v) is 3.73. The second-order valence-electron chi connectivity index (χ2n) is 4.94. The number of ether oxygens (including phenoxy) is 2. The summed E-state index contributed by atoms with van der Waals surface area (Å²) >= 11 is 0. The zero-order valence-corrected chi connectivity index (χ0v) is 10.7. The number of halogens is 1. The van der Waals surface area contributed by atoms with Gasteiger partial charge < -0.3 is 14.6 Å². The molecule has 0 amide bonds. The SMILES string of the molecule is CCOC(=O)C1C2Oc3c(F)ccc([C@@H](C)O)c3C21. The Labute approximate surface area is 110 Å². The molecular weight excluding hydrogens is 251 g/mol. The molecule has 1 fully saturated rings. The van der Waals surface area contributed by atoms with E-state index < -0.39 is 11.9 Å². The number of carbonyl (C=O) groups excluding carboxylic acids is 1. The second-order valence-corrected chi connectivity index (χ2v) is 4.94. The summed E-state index contributed by atoms with van der Waals surface area (Å²) in [4.78, 5) is 11.7. The first-order valence-corrected chi connectivity index (χ1v) is 6.40. The van der Waals surface area contributed by atoms with Crippen molar-refractivity contribution in [1.29, 1.82) is 0 Å². The molecule has 0 radical (unpaired) electrons. The van der Waals surface area contributed by atoms with Crippen LogP contribution in [-0.2, 0) is 9.53 Å². The minimum Gasteiger partial charge on any atom is -0.485 e. The molecule has 1 aliphatic carbocycles. The molecule has 3 rings (SSSR count). The van der Waals surface area contributed by atoms with E-state index in [-0.39, 0.29) is 29.7 Å². The van der Waals surface area contributed by atoms with Crippen molar-refractivity contribution < 1.29 is 23.8 Å². The van der Waals surface area contributed by atoms with Gasteiger partial charge in [-0.05, 0) is 25.5 Å².